The first kappa shape index (κ1) is 49.0. The Morgan fingerprint density at radius 1 is 0.391 bits per heavy atom. The topological polar surface area (TPSA) is 66.4 Å². The molecule has 0 saturated carbocycles. The van der Waals surface area contributed by atoms with Crippen molar-refractivity contribution in [1.82, 2.24) is 0 Å². The molecule has 0 heterocycles. The van der Waals surface area contributed by atoms with E-state index in [0.717, 1.165) is 25.7 Å². The average molecular weight is 681 g/mol. The number of hydrogen-bond acceptors (Lipinski definition) is 4. The van der Waals surface area contributed by atoms with Gasteiger partial charge in [-0.3, -0.25) is 4.18 Å². The third kappa shape index (κ3) is 42.9. The molecular weight excluding hydrogens is 599 g/mol. The van der Waals surface area contributed by atoms with E-state index in [9.17, 15) is 13.0 Å². The first-order valence-electron chi connectivity index (χ1n) is 20.6. The Bertz CT molecular complexity index is 658. The molecule has 1 atom stereocenters. The van der Waals surface area contributed by atoms with Crippen LogP contribution in [0.4, 0.5) is 0 Å². The van der Waals surface area contributed by atoms with Gasteiger partial charge >= 0.3 is 29.6 Å². The molecule has 0 radical (unpaired) electrons. The van der Waals surface area contributed by atoms with E-state index in [1.54, 1.807) is 0 Å². The number of hydrogen-bond donors (Lipinski definition) is 0. The predicted octanol–water partition coefficient (Wildman–Crippen LogP) is 11.2. The average Bonchev–Trinajstić information content (AvgIpc) is 3.02. The summed E-state index contributed by atoms with van der Waals surface area (Å²) in [6, 6.07) is 0. The van der Waals surface area contributed by atoms with Gasteiger partial charge in [-0.15, -0.1) is 0 Å². The Kier molecular flexibility index (Phi) is 42.9. The van der Waals surface area contributed by atoms with Gasteiger partial charge in [0.25, 0.3) is 0 Å². The molecule has 1 unspecified atom stereocenters. The molecule has 4 nitrogen and oxygen atoms in total. The molecule has 0 saturated heterocycles. The normalized spacial score (nSPS) is 12.4. The zero-order valence-corrected chi connectivity index (χ0v) is 34.6. The summed E-state index contributed by atoms with van der Waals surface area (Å²) < 4.78 is 37.7. The van der Waals surface area contributed by atoms with Crippen molar-refractivity contribution in [2.75, 3.05) is 6.61 Å². The van der Waals surface area contributed by atoms with Crippen molar-refractivity contribution >= 4 is 10.4 Å². The van der Waals surface area contributed by atoms with Crippen LogP contribution in [0.25, 0.3) is 0 Å². The van der Waals surface area contributed by atoms with Crippen LogP contribution in [-0.4, -0.2) is 19.6 Å². The molecule has 0 aliphatic carbocycles. The fourth-order valence-electron chi connectivity index (χ4n) is 6.81. The van der Waals surface area contributed by atoms with Gasteiger partial charge < -0.3 is 4.55 Å². The summed E-state index contributed by atoms with van der Waals surface area (Å²) in [5.41, 5.74) is 0. The number of unbranched alkanes of at least 4 members (excludes halogenated alkanes) is 32. The molecule has 0 aliphatic heterocycles. The van der Waals surface area contributed by atoms with Gasteiger partial charge in [0.15, 0.2) is 0 Å². The fourth-order valence-corrected chi connectivity index (χ4v) is 7.17. The summed E-state index contributed by atoms with van der Waals surface area (Å²) in [5, 5.41) is 0. The standard InChI is InChI=1S/C40H82O4S.Na/c1-3-5-7-9-11-13-15-17-19-20-21-22-24-26-28-30-32-34-36-38-40(39-44-45(41,42)43)37-35-33-31-29-27-25-23-18-16-14-12-10-8-6-4-2;/h40H,3-39H2,1-2H3,(H,41,42,43);/q;+1/p-1. The molecule has 0 spiro atoms. The van der Waals surface area contributed by atoms with Gasteiger partial charge in [-0.05, 0) is 18.8 Å². The summed E-state index contributed by atoms with van der Waals surface area (Å²) in [4.78, 5) is 0. The summed E-state index contributed by atoms with van der Waals surface area (Å²) in [5.74, 6) is 0.196. The maximum Gasteiger partial charge on any atom is 1.00 e. The molecule has 0 bridgehead atoms. The molecule has 0 rings (SSSR count). The van der Waals surface area contributed by atoms with Crippen LogP contribution in [0.15, 0.2) is 0 Å². The molecule has 0 aromatic rings. The summed E-state index contributed by atoms with van der Waals surface area (Å²) >= 11 is 0. The van der Waals surface area contributed by atoms with Crippen molar-refractivity contribution in [3.8, 4) is 0 Å². The summed E-state index contributed by atoms with van der Waals surface area (Å²) in [6.07, 6.45) is 48.3. The van der Waals surface area contributed by atoms with E-state index in [1.807, 2.05) is 0 Å². The zero-order chi connectivity index (χ0) is 32.9. The largest absolute Gasteiger partial charge is 1.00 e. The van der Waals surface area contributed by atoms with E-state index >= 15 is 0 Å². The SMILES string of the molecule is CCCCCCCCCCCCCCCCCCCCCC(CCCCCCCCCCCCCCCCC)COS(=O)(=O)[O-].[Na+]. The minimum absolute atomic E-state index is 0. The molecular formula is C40H81NaO4S. The van der Waals surface area contributed by atoms with E-state index in [4.69, 9.17) is 0 Å². The molecule has 0 aliphatic rings. The minimum atomic E-state index is -4.59. The van der Waals surface area contributed by atoms with Gasteiger partial charge in [0.1, 0.15) is 0 Å². The van der Waals surface area contributed by atoms with E-state index in [1.165, 1.54) is 205 Å². The molecule has 0 aromatic carbocycles. The fraction of sp³-hybridized carbons (Fsp3) is 1.00. The second-order valence-corrected chi connectivity index (χ2v) is 15.5. The molecule has 6 heteroatoms. The van der Waals surface area contributed by atoms with Crippen LogP contribution in [0.3, 0.4) is 0 Å². The van der Waals surface area contributed by atoms with Crippen LogP contribution in [-0.2, 0) is 14.6 Å². The van der Waals surface area contributed by atoms with Crippen molar-refractivity contribution in [3.63, 3.8) is 0 Å². The third-order valence-corrected chi connectivity index (χ3v) is 10.3. The van der Waals surface area contributed by atoms with Crippen LogP contribution in [0.2, 0.25) is 0 Å². The Morgan fingerprint density at radius 2 is 0.587 bits per heavy atom. The van der Waals surface area contributed by atoms with Crippen LogP contribution < -0.4 is 29.6 Å². The van der Waals surface area contributed by atoms with Crippen LogP contribution in [0.5, 0.6) is 0 Å². The van der Waals surface area contributed by atoms with Crippen molar-refractivity contribution in [3.05, 3.63) is 0 Å². The van der Waals surface area contributed by atoms with Gasteiger partial charge in [-0.1, -0.05) is 232 Å². The zero-order valence-electron chi connectivity index (χ0n) is 31.8. The van der Waals surface area contributed by atoms with E-state index < -0.39 is 10.4 Å². The molecule has 272 valence electrons. The summed E-state index contributed by atoms with van der Waals surface area (Å²) in [6.45, 7) is 4.64. The van der Waals surface area contributed by atoms with E-state index in [0.29, 0.717) is 0 Å². The third-order valence-electron chi connectivity index (χ3n) is 9.88. The number of rotatable bonds is 39. The first-order valence-corrected chi connectivity index (χ1v) is 21.9. The Balaban J connectivity index is 0. The van der Waals surface area contributed by atoms with Crippen molar-refractivity contribution in [1.29, 1.82) is 0 Å². The van der Waals surface area contributed by atoms with Crippen molar-refractivity contribution in [2.45, 2.75) is 245 Å². The van der Waals surface area contributed by atoms with E-state index in [2.05, 4.69) is 18.0 Å². The first-order chi connectivity index (χ1) is 22.0. The predicted molar refractivity (Wildman–Crippen MR) is 197 cm³/mol. The quantitative estimate of drug-likeness (QED) is 0.0280. The van der Waals surface area contributed by atoms with Gasteiger partial charge in [0, 0.05) is 0 Å². The monoisotopic (exact) mass is 681 g/mol. The van der Waals surface area contributed by atoms with Crippen LogP contribution in [0.1, 0.15) is 245 Å². The van der Waals surface area contributed by atoms with Gasteiger partial charge in [0.2, 0.25) is 10.4 Å². The maximum absolute atomic E-state index is 11.0. The Morgan fingerprint density at radius 3 is 0.783 bits per heavy atom. The Hall–Kier alpha value is 0.870. The molecule has 46 heavy (non-hydrogen) atoms. The maximum atomic E-state index is 11.0. The van der Waals surface area contributed by atoms with Crippen LogP contribution in [0, 0.1) is 5.92 Å². The molecule has 0 fully saturated rings. The Labute approximate surface area is 312 Å². The van der Waals surface area contributed by atoms with Crippen LogP contribution >= 0.6 is 0 Å². The van der Waals surface area contributed by atoms with Gasteiger partial charge in [0.05, 0.1) is 6.61 Å². The van der Waals surface area contributed by atoms with Crippen molar-refractivity contribution in [2.24, 2.45) is 5.92 Å². The molecule has 0 aromatic heterocycles. The summed E-state index contributed by atoms with van der Waals surface area (Å²) in [7, 11) is -4.59. The van der Waals surface area contributed by atoms with Gasteiger partial charge in [-0.25, -0.2) is 8.42 Å². The van der Waals surface area contributed by atoms with Crippen molar-refractivity contribution < 1.29 is 46.7 Å². The van der Waals surface area contributed by atoms with E-state index in [-0.39, 0.29) is 42.1 Å². The smallest absolute Gasteiger partial charge is 0.726 e. The molecule has 0 amide bonds. The minimum Gasteiger partial charge on any atom is -0.726 e. The second-order valence-electron chi connectivity index (χ2n) is 14.4. The van der Waals surface area contributed by atoms with Gasteiger partial charge in [-0.2, -0.15) is 0 Å². The second kappa shape index (κ2) is 40.3. The molecule has 0 N–H and O–H groups in total.